The van der Waals surface area contributed by atoms with Crippen molar-refractivity contribution in [3.8, 4) is 0 Å². The van der Waals surface area contributed by atoms with E-state index in [2.05, 4.69) is 10.6 Å². The second-order valence-electron chi connectivity index (χ2n) is 5.81. The molecule has 0 bridgehead atoms. The molecule has 126 valence electrons. The Bertz CT molecular complexity index is 393. The van der Waals surface area contributed by atoms with Gasteiger partial charge in [-0.3, -0.25) is 9.59 Å². The van der Waals surface area contributed by atoms with Crippen LogP contribution in [0.4, 0.5) is 0 Å². The molecule has 2 amide bonds. The summed E-state index contributed by atoms with van der Waals surface area (Å²) in [6.07, 6.45) is 5.08. The maximum Gasteiger partial charge on any atom is 0.334 e. The van der Waals surface area contributed by atoms with Gasteiger partial charge < -0.3 is 20.5 Å². The van der Waals surface area contributed by atoms with Crippen LogP contribution in [0.3, 0.4) is 0 Å². The van der Waals surface area contributed by atoms with E-state index in [0.29, 0.717) is 12.3 Å². The van der Waals surface area contributed by atoms with Crippen molar-refractivity contribution in [2.45, 2.75) is 57.6 Å². The van der Waals surface area contributed by atoms with Gasteiger partial charge >= 0.3 is 5.97 Å². The number of hydrogen-bond donors (Lipinski definition) is 3. The highest BCUT2D eigenvalue weighted by atomic mass is 16.5. The fraction of sp³-hybridized carbons (Fsp3) is 0.800. The summed E-state index contributed by atoms with van der Waals surface area (Å²) in [5.74, 6) is -1.28. The summed E-state index contributed by atoms with van der Waals surface area (Å²) in [4.78, 5) is 34.5. The minimum absolute atomic E-state index is 0.129. The monoisotopic (exact) mass is 314 g/mol. The Morgan fingerprint density at radius 2 is 1.86 bits per heavy atom. The highest BCUT2D eigenvalue weighted by Crippen LogP contribution is 2.26. The Hall–Kier alpha value is -1.63. The lowest BCUT2D eigenvalue weighted by Crippen LogP contribution is -2.48. The first-order valence-corrected chi connectivity index (χ1v) is 7.76. The maximum atomic E-state index is 11.9. The normalized spacial score (nSPS) is 18.3. The summed E-state index contributed by atoms with van der Waals surface area (Å²) in [5, 5.41) is 13.9. The van der Waals surface area contributed by atoms with Crippen molar-refractivity contribution in [1.29, 1.82) is 0 Å². The van der Waals surface area contributed by atoms with Crippen molar-refractivity contribution in [3.05, 3.63) is 0 Å². The molecule has 0 heterocycles. The van der Waals surface area contributed by atoms with Gasteiger partial charge in [0.05, 0.1) is 6.54 Å². The highest BCUT2D eigenvalue weighted by Gasteiger charge is 2.22. The minimum atomic E-state index is -1.14. The Morgan fingerprint density at radius 1 is 1.23 bits per heavy atom. The zero-order valence-corrected chi connectivity index (χ0v) is 13.3. The van der Waals surface area contributed by atoms with Crippen LogP contribution < -0.4 is 10.6 Å². The van der Waals surface area contributed by atoms with Crippen LogP contribution in [0.5, 0.6) is 0 Å². The predicted octanol–water partition coefficient (Wildman–Crippen LogP) is 0.677. The van der Waals surface area contributed by atoms with Gasteiger partial charge in [0.25, 0.3) is 0 Å². The molecule has 1 aliphatic carbocycles. The van der Waals surface area contributed by atoms with Gasteiger partial charge in [0.15, 0.2) is 6.10 Å². The molecule has 0 spiro atoms. The summed E-state index contributed by atoms with van der Waals surface area (Å²) < 4.78 is 4.72. The smallest absolute Gasteiger partial charge is 0.334 e. The van der Waals surface area contributed by atoms with Crippen molar-refractivity contribution < 1.29 is 24.2 Å². The van der Waals surface area contributed by atoms with Gasteiger partial charge in [-0.15, -0.1) is 0 Å². The van der Waals surface area contributed by atoms with Crippen LogP contribution in [-0.2, 0) is 19.1 Å². The minimum Gasteiger partial charge on any atom is -0.479 e. The molecule has 1 fully saturated rings. The van der Waals surface area contributed by atoms with Crippen molar-refractivity contribution in [3.63, 3.8) is 0 Å². The van der Waals surface area contributed by atoms with Gasteiger partial charge in [-0.25, -0.2) is 4.79 Å². The third-order valence-electron chi connectivity index (χ3n) is 3.99. The molecule has 0 aliphatic heterocycles. The fourth-order valence-corrected chi connectivity index (χ4v) is 2.64. The fourth-order valence-electron chi connectivity index (χ4n) is 2.64. The zero-order valence-electron chi connectivity index (χ0n) is 13.3. The number of hydrogen-bond acceptors (Lipinski definition) is 4. The van der Waals surface area contributed by atoms with Gasteiger partial charge in [-0.2, -0.15) is 0 Å². The van der Waals surface area contributed by atoms with Crippen molar-refractivity contribution in [1.82, 2.24) is 10.6 Å². The first kappa shape index (κ1) is 18.4. The van der Waals surface area contributed by atoms with E-state index in [1.807, 2.05) is 0 Å². The van der Waals surface area contributed by atoms with Gasteiger partial charge in [0.2, 0.25) is 11.8 Å². The summed E-state index contributed by atoms with van der Waals surface area (Å²) in [6, 6.07) is -0.692. The number of methoxy groups -OCH3 is 1. The summed E-state index contributed by atoms with van der Waals surface area (Å²) in [6.45, 7) is 1.45. The molecule has 0 aromatic carbocycles. The van der Waals surface area contributed by atoms with E-state index in [-0.39, 0.29) is 12.5 Å². The van der Waals surface area contributed by atoms with Crippen molar-refractivity contribution >= 4 is 17.8 Å². The molecular weight excluding hydrogens is 288 g/mol. The molecule has 7 nitrogen and oxygen atoms in total. The van der Waals surface area contributed by atoms with E-state index in [1.54, 1.807) is 6.92 Å². The average Bonchev–Trinajstić information content (AvgIpc) is 2.48. The third-order valence-corrected chi connectivity index (χ3v) is 3.99. The predicted molar refractivity (Wildman–Crippen MR) is 80.2 cm³/mol. The number of carboxylic acid groups (broad SMARTS) is 1. The molecule has 0 aromatic rings. The molecule has 1 rings (SSSR count). The van der Waals surface area contributed by atoms with Crippen LogP contribution in [0.1, 0.15) is 45.4 Å². The first-order valence-electron chi connectivity index (χ1n) is 7.76. The number of carbonyl (C=O) groups is 3. The molecule has 2 unspecified atom stereocenters. The molecule has 2 atom stereocenters. The van der Waals surface area contributed by atoms with Crippen molar-refractivity contribution in [2.75, 3.05) is 13.7 Å². The van der Waals surface area contributed by atoms with Crippen LogP contribution >= 0.6 is 0 Å². The zero-order chi connectivity index (χ0) is 16.5. The number of aliphatic carboxylic acids is 1. The number of amides is 2. The molecule has 0 radical (unpaired) electrons. The lowest BCUT2D eigenvalue weighted by atomic mass is 9.87. The topological polar surface area (TPSA) is 105 Å². The molecule has 22 heavy (non-hydrogen) atoms. The maximum absolute atomic E-state index is 11.9. The Balaban J connectivity index is 2.30. The van der Waals surface area contributed by atoms with Gasteiger partial charge in [0.1, 0.15) is 6.04 Å². The van der Waals surface area contributed by atoms with Crippen LogP contribution in [0.2, 0.25) is 0 Å². The number of carboxylic acids is 1. The first-order chi connectivity index (χ1) is 10.4. The standard InChI is InChI=1S/C15H26N2O5/c1-10(14(19)16-9-12(22-2)15(20)21)17-13(18)8-11-6-4-3-5-7-11/h10-12H,3-9H2,1-2H3,(H,16,19)(H,17,18)(H,20,21). The number of nitrogens with one attached hydrogen (secondary N) is 2. The molecule has 0 saturated heterocycles. The van der Waals surface area contributed by atoms with E-state index >= 15 is 0 Å². The molecule has 1 saturated carbocycles. The average molecular weight is 314 g/mol. The van der Waals surface area contributed by atoms with E-state index in [9.17, 15) is 14.4 Å². The number of carbonyl (C=O) groups excluding carboxylic acids is 2. The van der Waals surface area contributed by atoms with E-state index in [0.717, 1.165) is 12.8 Å². The number of rotatable bonds is 8. The second kappa shape index (κ2) is 9.40. The Labute approximate surface area is 130 Å². The highest BCUT2D eigenvalue weighted by molar-refractivity contribution is 5.87. The van der Waals surface area contributed by atoms with E-state index in [4.69, 9.17) is 9.84 Å². The number of ether oxygens (including phenoxy) is 1. The summed E-state index contributed by atoms with van der Waals surface area (Å²) in [7, 11) is 1.26. The second-order valence-corrected chi connectivity index (χ2v) is 5.81. The van der Waals surface area contributed by atoms with E-state index in [1.165, 1.54) is 26.4 Å². The molecule has 3 N–H and O–H groups in total. The SMILES string of the molecule is COC(CNC(=O)C(C)NC(=O)CC1CCCCC1)C(=O)O. The van der Waals surface area contributed by atoms with Crippen molar-refractivity contribution in [2.24, 2.45) is 5.92 Å². The largest absolute Gasteiger partial charge is 0.479 e. The lowest BCUT2D eigenvalue weighted by Gasteiger charge is -2.22. The molecule has 7 heteroatoms. The molecule has 0 aromatic heterocycles. The van der Waals surface area contributed by atoms with Crippen LogP contribution in [-0.4, -0.2) is 48.7 Å². The molecule has 1 aliphatic rings. The molecular formula is C15H26N2O5. The summed E-state index contributed by atoms with van der Waals surface area (Å²) in [5.41, 5.74) is 0. The quantitative estimate of drug-likeness (QED) is 0.611. The van der Waals surface area contributed by atoms with Gasteiger partial charge in [-0.1, -0.05) is 19.3 Å². The van der Waals surface area contributed by atoms with Gasteiger partial charge in [0, 0.05) is 13.5 Å². The van der Waals surface area contributed by atoms with Crippen LogP contribution in [0.15, 0.2) is 0 Å². The van der Waals surface area contributed by atoms with Crippen LogP contribution in [0.25, 0.3) is 0 Å². The Morgan fingerprint density at radius 3 is 2.41 bits per heavy atom. The Kier molecular flexibility index (Phi) is 7.87. The van der Waals surface area contributed by atoms with E-state index < -0.39 is 24.0 Å². The van der Waals surface area contributed by atoms with Gasteiger partial charge in [-0.05, 0) is 25.7 Å². The third kappa shape index (κ3) is 6.43. The summed E-state index contributed by atoms with van der Waals surface area (Å²) >= 11 is 0. The van der Waals surface area contributed by atoms with Crippen LogP contribution in [0, 0.1) is 5.92 Å². The lowest BCUT2D eigenvalue weighted by molar-refractivity contribution is -0.148.